The van der Waals surface area contributed by atoms with E-state index in [2.05, 4.69) is 52.9 Å². The predicted molar refractivity (Wildman–Crippen MR) is 114 cm³/mol. The summed E-state index contributed by atoms with van der Waals surface area (Å²) in [4.78, 5) is 19.7. The SMILES string of the molecule is CC(C)(C)N1CCCN(CC(=O)Nc2ccc(CN3CCOCC3)cc2)CC1. The molecule has 2 aliphatic rings. The minimum atomic E-state index is 0.0742. The Kier molecular flexibility index (Phi) is 7.46. The summed E-state index contributed by atoms with van der Waals surface area (Å²) >= 11 is 0. The molecule has 28 heavy (non-hydrogen) atoms. The van der Waals surface area contributed by atoms with Crippen LogP contribution < -0.4 is 5.32 Å². The van der Waals surface area contributed by atoms with E-state index in [9.17, 15) is 4.79 Å². The number of carbonyl (C=O) groups excluding carboxylic acids is 1. The largest absolute Gasteiger partial charge is 0.379 e. The quantitative estimate of drug-likeness (QED) is 0.839. The van der Waals surface area contributed by atoms with Crippen molar-refractivity contribution in [2.45, 2.75) is 39.3 Å². The van der Waals surface area contributed by atoms with Crippen LogP contribution in [0.5, 0.6) is 0 Å². The molecule has 6 heteroatoms. The van der Waals surface area contributed by atoms with Crippen molar-refractivity contribution in [3.63, 3.8) is 0 Å². The summed E-state index contributed by atoms with van der Waals surface area (Å²) in [6, 6.07) is 8.24. The Bertz CT molecular complexity index is 620. The fourth-order valence-corrected chi connectivity index (χ4v) is 3.91. The lowest BCUT2D eigenvalue weighted by molar-refractivity contribution is -0.117. The average molecular weight is 389 g/mol. The highest BCUT2D eigenvalue weighted by Gasteiger charge is 2.24. The van der Waals surface area contributed by atoms with Gasteiger partial charge in [0.15, 0.2) is 0 Å². The highest BCUT2D eigenvalue weighted by Crippen LogP contribution is 2.16. The van der Waals surface area contributed by atoms with Gasteiger partial charge in [0.1, 0.15) is 0 Å². The molecule has 1 N–H and O–H groups in total. The van der Waals surface area contributed by atoms with Gasteiger partial charge in [-0.2, -0.15) is 0 Å². The zero-order chi connectivity index (χ0) is 20.0. The van der Waals surface area contributed by atoms with Crippen molar-refractivity contribution >= 4 is 11.6 Å². The van der Waals surface area contributed by atoms with Crippen LogP contribution in [-0.2, 0) is 16.1 Å². The van der Waals surface area contributed by atoms with Gasteiger partial charge in [-0.3, -0.25) is 19.5 Å². The molecule has 1 amide bonds. The van der Waals surface area contributed by atoms with Gasteiger partial charge >= 0.3 is 0 Å². The number of rotatable bonds is 5. The maximum atomic E-state index is 12.5. The van der Waals surface area contributed by atoms with Crippen LogP contribution in [0.1, 0.15) is 32.8 Å². The van der Waals surface area contributed by atoms with Crippen LogP contribution in [0.4, 0.5) is 5.69 Å². The van der Waals surface area contributed by atoms with Gasteiger partial charge in [-0.25, -0.2) is 0 Å². The minimum absolute atomic E-state index is 0.0742. The van der Waals surface area contributed by atoms with E-state index in [1.807, 2.05) is 12.1 Å². The van der Waals surface area contributed by atoms with E-state index in [4.69, 9.17) is 4.74 Å². The number of benzene rings is 1. The maximum absolute atomic E-state index is 12.5. The third-order valence-electron chi connectivity index (χ3n) is 5.65. The fourth-order valence-electron chi connectivity index (χ4n) is 3.91. The molecule has 6 nitrogen and oxygen atoms in total. The van der Waals surface area contributed by atoms with Crippen molar-refractivity contribution in [1.82, 2.24) is 14.7 Å². The molecule has 2 fully saturated rings. The zero-order valence-corrected chi connectivity index (χ0v) is 17.7. The second kappa shape index (κ2) is 9.83. The number of hydrogen-bond donors (Lipinski definition) is 1. The lowest BCUT2D eigenvalue weighted by Crippen LogP contribution is -2.44. The Labute approximate surface area is 169 Å². The van der Waals surface area contributed by atoms with Gasteiger partial charge in [-0.05, 0) is 58.0 Å². The van der Waals surface area contributed by atoms with Crippen molar-refractivity contribution in [2.24, 2.45) is 0 Å². The molecule has 0 radical (unpaired) electrons. The summed E-state index contributed by atoms with van der Waals surface area (Å²) in [5, 5.41) is 3.05. The maximum Gasteiger partial charge on any atom is 0.238 e. The van der Waals surface area contributed by atoms with Crippen LogP contribution in [0.25, 0.3) is 0 Å². The van der Waals surface area contributed by atoms with E-state index in [0.717, 1.165) is 71.1 Å². The number of nitrogens with zero attached hydrogens (tertiary/aromatic N) is 3. The van der Waals surface area contributed by atoms with Crippen LogP contribution in [0.3, 0.4) is 0 Å². The summed E-state index contributed by atoms with van der Waals surface area (Å²) < 4.78 is 5.40. The van der Waals surface area contributed by atoms with Gasteiger partial charge < -0.3 is 10.1 Å². The Balaban J connectivity index is 1.44. The van der Waals surface area contributed by atoms with Gasteiger partial charge in [-0.15, -0.1) is 0 Å². The Morgan fingerprint density at radius 3 is 2.36 bits per heavy atom. The molecule has 0 atom stereocenters. The number of anilines is 1. The Morgan fingerprint density at radius 1 is 0.964 bits per heavy atom. The van der Waals surface area contributed by atoms with Crippen LogP contribution in [0.2, 0.25) is 0 Å². The molecule has 0 aromatic heterocycles. The standard InChI is InChI=1S/C22H36N4O2/c1-22(2,3)26-10-4-9-24(11-12-26)18-21(27)23-20-7-5-19(6-8-20)17-25-13-15-28-16-14-25/h5-8H,4,9-18H2,1-3H3,(H,23,27). The van der Waals surface area contributed by atoms with E-state index in [1.165, 1.54) is 5.56 Å². The van der Waals surface area contributed by atoms with Gasteiger partial charge in [0.25, 0.3) is 0 Å². The van der Waals surface area contributed by atoms with Gasteiger partial charge in [0, 0.05) is 44.0 Å². The molecule has 0 aliphatic carbocycles. The smallest absolute Gasteiger partial charge is 0.238 e. The van der Waals surface area contributed by atoms with E-state index in [1.54, 1.807) is 0 Å². The van der Waals surface area contributed by atoms with Crippen LogP contribution in [-0.4, -0.2) is 85.2 Å². The van der Waals surface area contributed by atoms with E-state index in [-0.39, 0.29) is 11.4 Å². The molecule has 1 aromatic carbocycles. The summed E-state index contributed by atoms with van der Waals surface area (Å²) in [6.45, 7) is 15.9. The highest BCUT2D eigenvalue weighted by molar-refractivity contribution is 5.92. The average Bonchev–Trinajstić information content (AvgIpc) is 2.90. The minimum Gasteiger partial charge on any atom is -0.379 e. The molecule has 2 aliphatic heterocycles. The normalized spacial score (nSPS) is 20.7. The summed E-state index contributed by atoms with van der Waals surface area (Å²) in [7, 11) is 0. The summed E-state index contributed by atoms with van der Waals surface area (Å²) in [5.41, 5.74) is 2.35. The number of amides is 1. The van der Waals surface area contributed by atoms with Crippen LogP contribution in [0, 0.1) is 0 Å². The second-order valence-corrected chi connectivity index (χ2v) is 8.92. The lowest BCUT2D eigenvalue weighted by Gasteiger charge is -2.34. The molecule has 0 unspecified atom stereocenters. The second-order valence-electron chi connectivity index (χ2n) is 8.92. The Hall–Kier alpha value is -1.47. The number of hydrogen-bond acceptors (Lipinski definition) is 5. The van der Waals surface area contributed by atoms with Gasteiger partial charge in [-0.1, -0.05) is 12.1 Å². The fraction of sp³-hybridized carbons (Fsp3) is 0.682. The molecule has 1 aromatic rings. The molecular formula is C22H36N4O2. The number of nitrogens with one attached hydrogen (secondary N) is 1. The van der Waals surface area contributed by atoms with E-state index >= 15 is 0 Å². The third-order valence-corrected chi connectivity index (χ3v) is 5.65. The first-order valence-electron chi connectivity index (χ1n) is 10.6. The topological polar surface area (TPSA) is 48.0 Å². The molecular weight excluding hydrogens is 352 g/mol. The Morgan fingerprint density at radius 2 is 1.68 bits per heavy atom. The number of ether oxygens (including phenoxy) is 1. The molecule has 0 saturated carbocycles. The first-order valence-corrected chi connectivity index (χ1v) is 10.6. The van der Waals surface area contributed by atoms with Crippen molar-refractivity contribution in [3.05, 3.63) is 29.8 Å². The van der Waals surface area contributed by atoms with Gasteiger partial charge in [0.05, 0.1) is 19.8 Å². The molecule has 2 saturated heterocycles. The first-order chi connectivity index (χ1) is 13.4. The lowest BCUT2D eigenvalue weighted by atomic mass is 10.1. The predicted octanol–water partition coefficient (Wildman–Crippen LogP) is 2.26. The molecule has 2 heterocycles. The highest BCUT2D eigenvalue weighted by atomic mass is 16.5. The van der Waals surface area contributed by atoms with Crippen LogP contribution in [0.15, 0.2) is 24.3 Å². The number of morpholine rings is 1. The van der Waals surface area contributed by atoms with Crippen molar-refractivity contribution < 1.29 is 9.53 Å². The third kappa shape index (κ3) is 6.55. The van der Waals surface area contributed by atoms with Crippen molar-refractivity contribution in [3.8, 4) is 0 Å². The summed E-state index contributed by atoms with van der Waals surface area (Å²) in [6.07, 6.45) is 1.11. The van der Waals surface area contributed by atoms with Crippen molar-refractivity contribution in [2.75, 3.05) is 64.3 Å². The summed E-state index contributed by atoms with van der Waals surface area (Å²) in [5.74, 6) is 0.0742. The van der Waals surface area contributed by atoms with Crippen molar-refractivity contribution in [1.29, 1.82) is 0 Å². The molecule has 0 spiro atoms. The monoisotopic (exact) mass is 388 g/mol. The van der Waals surface area contributed by atoms with E-state index < -0.39 is 0 Å². The molecule has 3 rings (SSSR count). The van der Waals surface area contributed by atoms with Crippen LogP contribution >= 0.6 is 0 Å². The zero-order valence-electron chi connectivity index (χ0n) is 17.7. The van der Waals surface area contributed by atoms with E-state index in [0.29, 0.717) is 6.54 Å². The number of carbonyl (C=O) groups is 1. The van der Waals surface area contributed by atoms with Gasteiger partial charge in [0.2, 0.25) is 5.91 Å². The molecule has 156 valence electrons. The first kappa shape index (κ1) is 21.2. The molecule has 0 bridgehead atoms.